The number of nitrogens with one attached hydrogen (secondary N) is 1. The molecular formula is C15H17BrClN2O2S-. The van der Waals surface area contributed by atoms with Crippen LogP contribution in [0.15, 0.2) is 57.9 Å². The zero-order valence-electron chi connectivity index (χ0n) is 11.8. The molecular weight excluding hydrogens is 388 g/mol. The Balaban J connectivity index is 0.00000242. The lowest BCUT2D eigenvalue weighted by Gasteiger charge is -2.06. The molecule has 3 N–H and O–H groups in total. The van der Waals surface area contributed by atoms with Gasteiger partial charge in [-0.1, -0.05) is 40.2 Å². The van der Waals surface area contributed by atoms with Gasteiger partial charge in [0.2, 0.25) is 10.0 Å². The Kier molecular flexibility index (Phi) is 7.52. The molecule has 4 nitrogen and oxygen atoms in total. The highest BCUT2D eigenvalue weighted by Crippen LogP contribution is 2.11. The van der Waals surface area contributed by atoms with Gasteiger partial charge in [-0.3, -0.25) is 0 Å². The summed E-state index contributed by atoms with van der Waals surface area (Å²) in [5.74, 6) is 0. The first-order valence-corrected chi connectivity index (χ1v) is 8.86. The number of sulfonamides is 1. The van der Waals surface area contributed by atoms with Crippen LogP contribution >= 0.6 is 15.9 Å². The molecule has 0 saturated carbocycles. The van der Waals surface area contributed by atoms with E-state index < -0.39 is 10.0 Å². The molecule has 0 fully saturated rings. The molecule has 0 heterocycles. The molecule has 0 atom stereocenters. The number of primary sulfonamides is 1. The molecule has 0 saturated heterocycles. The van der Waals surface area contributed by atoms with Crippen molar-refractivity contribution >= 4 is 26.0 Å². The molecule has 2 aromatic carbocycles. The van der Waals surface area contributed by atoms with Gasteiger partial charge in [-0.05, 0) is 48.4 Å². The number of rotatable bonds is 6. The predicted octanol–water partition coefficient (Wildman–Crippen LogP) is -0.567. The van der Waals surface area contributed by atoms with Crippen LogP contribution in [0.4, 0.5) is 0 Å². The zero-order chi connectivity index (χ0) is 15.3. The third-order valence-corrected chi connectivity index (χ3v) is 4.54. The summed E-state index contributed by atoms with van der Waals surface area (Å²) in [5.41, 5.74) is 2.30. The van der Waals surface area contributed by atoms with Crippen molar-refractivity contribution in [1.82, 2.24) is 5.32 Å². The lowest BCUT2D eigenvalue weighted by molar-refractivity contribution is -0.00000681. The third-order valence-electron chi connectivity index (χ3n) is 3.08. The summed E-state index contributed by atoms with van der Waals surface area (Å²) in [4.78, 5) is 0.147. The maximum Gasteiger partial charge on any atom is 0.238 e. The minimum absolute atomic E-state index is 0. The summed E-state index contributed by atoms with van der Waals surface area (Å²) >= 11 is 3.41. The summed E-state index contributed by atoms with van der Waals surface area (Å²) in [5, 5.41) is 8.42. The number of halogens is 2. The predicted molar refractivity (Wildman–Crippen MR) is 87.4 cm³/mol. The van der Waals surface area contributed by atoms with Crippen LogP contribution in [-0.2, 0) is 23.0 Å². The molecule has 0 aliphatic rings. The SMILES string of the molecule is NS(=O)(=O)c1ccc(CCNCc2ccc(Br)cc2)cc1.[Cl-]. The van der Waals surface area contributed by atoms with E-state index in [4.69, 9.17) is 5.14 Å². The number of hydrogen-bond donors (Lipinski definition) is 2. The molecule has 7 heteroatoms. The molecule has 0 radical (unpaired) electrons. The minimum Gasteiger partial charge on any atom is -1.00 e. The zero-order valence-corrected chi connectivity index (χ0v) is 15.0. The Hall–Kier alpha value is -0.920. The minimum atomic E-state index is -3.60. The van der Waals surface area contributed by atoms with Crippen LogP contribution in [0.1, 0.15) is 11.1 Å². The second-order valence-electron chi connectivity index (χ2n) is 4.74. The van der Waals surface area contributed by atoms with Crippen molar-refractivity contribution in [3.63, 3.8) is 0 Å². The summed E-state index contributed by atoms with van der Waals surface area (Å²) in [6.45, 7) is 1.63. The first kappa shape index (κ1) is 19.1. The average Bonchev–Trinajstić information content (AvgIpc) is 2.45. The number of hydrogen-bond acceptors (Lipinski definition) is 3. The third kappa shape index (κ3) is 6.06. The molecule has 22 heavy (non-hydrogen) atoms. The van der Waals surface area contributed by atoms with E-state index >= 15 is 0 Å². The van der Waals surface area contributed by atoms with E-state index in [1.54, 1.807) is 24.3 Å². The molecule has 0 aliphatic heterocycles. The van der Waals surface area contributed by atoms with Crippen molar-refractivity contribution < 1.29 is 20.8 Å². The van der Waals surface area contributed by atoms with Crippen LogP contribution in [0.5, 0.6) is 0 Å². The van der Waals surface area contributed by atoms with Gasteiger partial charge in [0, 0.05) is 11.0 Å². The highest BCUT2D eigenvalue weighted by molar-refractivity contribution is 9.10. The largest absolute Gasteiger partial charge is 1.00 e. The molecule has 2 rings (SSSR count). The van der Waals surface area contributed by atoms with E-state index in [-0.39, 0.29) is 17.3 Å². The van der Waals surface area contributed by atoms with E-state index in [1.807, 2.05) is 12.1 Å². The Bertz CT molecular complexity index is 688. The normalized spacial score (nSPS) is 11.0. The van der Waals surface area contributed by atoms with E-state index in [0.29, 0.717) is 0 Å². The van der Waals surface area contributed by atoms with Crippen LogP contribution < -0.4 is 22.9 Å². The molecule has 0 aromatic heterocycles. The van der Waals surface area contributed by atoms with Crippen LogP contribution in [0.3, 0.4) is 0 Å². The van der Waals surface area contributed by atoms with Gasteiger partial charge in [0.15, 0.2) is 0 Å². The summed E-state index contributed by atoms with van der Waals surface area (Å²) in [6.07, 6.45) is 0.835. The molecule has 0 bridgehead atoms. The van der Waals surface area contributed by atoms with Crippen molar-refractivity contribution in [2.24, 2.45) is 5.14 Å². The quantitative estimate of drug-likeness (QED) is 0.634. The van der Waals surface area contributed by atoms with Crippen molar-refractivity contribution in [2.45, 2.75) is 17.9 Å². The maximum atomic E-state index is 11.1. The van der Waals surface area contributed by atoms with Gasteiger partial charge in [-0.25, -0.2) is 13.6 Å². The Labute approximate surface area is 145 Å². The monoisotopic (exact) mass is 403 g/mol. The number of nitrogens with two attached hydrogens (primary N) is 1. The second-order valence-corrected chi connectivity index (χ2v) is 7.22. The van der Waals surface area contributed by atoms with Gasteiger partial charge in [0.25, 0.3) is 0 Å². The topological polar surface area (TPSA) is 72.2 Å². The summed E-state index contributed by atoms with van der Waals surface area (Å²) in [6, 6.07) is 14.8. The smallest absolute Gasteiger partial charge is 0.238 e. The van der Waals surface area contributed by atoms with E-state index in [9.17, 15) is 8.42 Å². The van der Waals surface area contributed by atoms with Gasteiger partial charge >= 0.3 is 0 Å². The van der Waals surface area contributed by atoms with E-state index in [0.717, 1.165) is 29.5 Å². The Morgan fingerprint density at radius 2 is 1.50 bits per heavy atom. The van der Waals surface area contributed by atoms with Crippen molar-refractivity contribution in [3.05, 3.63) is 64.1 Å². The maximum absolute atomic E-state index is 11.1. The Morgan fingerprint density at radius 1 is 0.955 bits per heavy atom. The van der Waals surface area contributed by atoms with Gasteiger partial charge in [-0.2, -0.15) is 0 Å². The van der Waals surface area contributed by atoms with Crippen LogP contribution in [0, 0.1) is 0 Å². The first-order valence-electron chi connectivity index (χ1n) is 6.52. The molecule has 2 aromatic rings. The summed E-state index contributed by atoms with van der Waals surface area (Å²) < 4.78 is 23.4. The van der Waals surface area contributed by atoms with Crippen LogP contribution in [0.2, 0.25) is 0 Å². The van der Waals surface area contributed by atoms with Crippen LogP contribution in [-0.4, -0.2) is 15.0 Å². The highest BCUT2D eigenvalue weighted by atomic mass is 79.9. The molecule has 0 aliphatic carbocycles. The molecule has 0 amide bonds. The Morgan fingerprint density at radius 3 is 2.05 bits per heavy atom. The summed E-state index contributed by atoms with van der Waals surface area (Å²) in [7, 11) is -3.60. The van der Waals surface area contributed by atoms with E-state index in [1.165, 1.54) is 5.56 Å². The van der Waals surface area contributed by atoms with Crippen molar-refractivity contribution in [2.75, 3.05) is 6.54 Å². The van der Waals surface area contributed by atoms with Crippen molar-refractivity contribution in [1.29, 1.82) is 0 Å². The van der Waals surface area contributed by atoms with E-state index in [2.05, 4.69) is 33.4 Å². The van der Waals surface area contributed by atoms with Gasteiger partial charge in [0.1, 0.15) is 0 Å². The second kappa shape index (κ2) is 8.64. The lowest BCUT2D eigenvalue weighted by atomic mass is 10.1. The van der Waals surface area contributed by atoms with Gasteiger partial charge in [-0.15, -0.1) is 0 Å². The fourth-order valence-electron chi connectivity index (χ4n) is 1.91. The van der Waals surface area contributed by atoms with Gasteiger partial charge in [0.05, 0.1) is 4.90 Å². The fraction of sp³-hybridized carbons (Fsp3) is 0.200. The molecule has 0 spiro atoms. The molecule has 120 valence electrons. The standard InChI is InChI=1S/C15H17BrN2O2S.ClH/c16-14-5-1-13(2-6-14)11-18-10-9-12-3-7-15(8-4-12)21(17,19)20;/h1-8,18H,9-11H2,(H2,17,19,20);1H/p-1. The highest BCUT2D eigenvalue weighted by Gasteiger charge is 2.06. The lowest BCUT2D eigenvalue weighted by Crippen LogP contribution is -3.00. The van der Waals surface area contributed by atoms with Crippen LogP contribution in [0.25, 0.3) is 0 Å². The van der Waals surface area contributed by atoms with Crippen molar-refractivity contribution in [3.8, 4) is 0 Å². The average molecular weight is 405 g/mol. The fourth-order valence-corrected chi connectivity index (χ4v) is 2.69. The first-order chi connectivity index (χ1) is 9.95. The van der Waals surface area contributed by atoms with Gasteiger partial charge < -0.3 is 17.7 Å². The molecule has 0 unspecified atom stereocenters. The number of benzene rings is 2.